The third-order valence-electron chi connectivity index (χ3n) is 8.48. The van der Waals surface area contributed by atoms with Gasteiger partial charge < -0.3 is 10.1 Å². The van der Waals surface area contributed by atoms with E-state index in [-0.39, 0.29) is 17.5 Å². The zero-order valence-electron chi connectivity index (χ0n) is 26.1. The largest absolute Gasteiger partial charge is 0.461 e. The Bertz CT molecular complexity index is 1790. The van der Waals surface area contributed by atoms with Gasteiger partial charge in [-0.2, -0.15) is 30.7 Å². The van der Waals surface area contributed by atoms with Gasteiger partial charge in [0, 0.05) is 24.6 Å². The second-order valence-corrected chi connectivity index (χ2v) is 12.0. The van der Waals surface area contributed by atoms with Crippen LogP contribution in [0, 0.1) is 18.6 Å². The summed E-state index contributed by atoms with van der Waals surface area (Å²) in [4.78, 5) is 16.1. The number of likely N-dealkylation sites (tertiary alicyclic amines) is 1. The third-order valence-corrected chi connectivity index (χ3v) is 8.48. The molecule has 0 saturated carbocycles. The lowest BCUT2D eigenvalue weighted by atomic mass is 9.76. The van der Waals surface area contributed by atoms with Crippen molar-refractivity contribution in [1.82, 2.24) is 10.2 Å². The molecule has 0 spiro atoms. The van der Waals surface area contributed by atoms with Gasteiger partial charge in [0.1, 0.15) is 17.4 Å². The number of amides is 1. The van der Waals surface area contributed by atoms with Crippen LogP contribution in [-0.4, -0.2) is 36.4 Å². The van der Waals surface area contributed by atoms with Crippen molar-refractivity contribution < 1.29 is 49.0 Å². The van der Waals surface area contributed by atoms with Crippen molar-refractivity contribution in [1.29, 1.82) is 0 Å². The summed E-state index contributed by atoms with van der Waals surface area (Å²) >= 11 is 0. The first-order chi connectivity index (χ1) is 23.1. The van der Waals surface area contributed by atoms with Crippen LogP contribution in [0.5, 0.6) is 5.75 Å². The lowest BCUT2D eigenvalue weighted by Gasteiger charge is -2.37. The predicted molar refractivity (Wildman–Crippen MR) is 163 cm³/mol. The van der Waals surface area contributed by atoms with Crippen LogP contribution in [0.3, 0.4) is 0 Å². The molecule has 1 fully saturated rings. The molecule has 0 aliphatic carbocycles. The van der Waals surface area contributed by atoms with Crippen LogP contribution in [-0.2, 0) is 24.7 Å². The molecule has 4 nitrogen and oxygen atoms in total. The van der Waals surface area contributed by atoms with Crippen LogP contribution < -0.4 is 10.1 Å². The van der Waals surface area contributed by atoms with Gasteiger partial charge in [0.15, 0.2) is 0 Å². The lowest BCUT2D eigenvalue weighted by molar-refractivity contribution is -0.253. The molecule has 1 N–H and O–H groups in total. The highest BCUT2D eigenvalue weighted by Crippen LogP contribution is 2.39. The zero-order valence-corrected chi connectivity index (χ0v) is 26.1. The van der Waals surface area contributed by atoms with Gasteiger partial charge in [0.05, 0.1) is 11.1 Å². The van der Waals surface area contributed by atoms with Crippen LogP contribution in [0.25, 0.3) is 0 Å². The number of rotatable bonds is 11. The molecular weight excluding hydrogens is 663 g/mol. The smallest absolute Gasteiger partial charge is 0.428 e. The molecule has 4 aromatic carbocycles. The number of alkyl halides is 7. The van der Waals surface area contributed by atoms with E-state index in [1.54, 1.807) is 48.5 Å². The van der Waals surface area contributed by atoms with E-state index in [2.05, 4.69) is 15.0 Å². The molecule has 5 rings (SSSR count). The fraction of sp³-hybridized carbons (Fsp3) is 0.306. The number of benzene rings is 4. The summed E-state index contributed by atoms with van der Waals surface area (Å²) in [6, 6.07) is 17.3. The molecule has 260 valence electrons. The highest BCUT2D eigenvalue weighted by Gasteiger charge is 2.45. The van der Waals surface area contributed by atoms with Crippen molar-refractivity contribution in [3.8, 4) is 5.75 Å². The van der Waals surface area contributed by atoms with Gasteiger partial charge in [-0.1, -0.05) is 48.5 Å². The van der Waals surface area contributed by atoms with Crippen LogP contribution in [0.4, 0.5) is 39.5 Å². The monoisotopic (exact) mass is 694 g/mol. The van der Waals surface area contributed by atoms with E-state index >= 15 is 4.39 Å². The fourth-order valence-electron chi connectivity index (χ4n) is 5.97. The Morgan fingerprint density at radius 2 is 1.55 bits per heavy atom. The van der Waals surface area contributed by atoms with E-state index in [9.17, 15) is 39.9 Å². The van der Waals surface area contributed by atoms with E-state index in [1.807, 2.05) is 6.92 Å². The van der Waals surface area contributed by atoms with Crippen molar-refractivity contribution in [2.24, 2.45) is 0 Å². The molecule has 1 saturated heterocycles. The molecule has 4 aromatic rings. The van der Waals surface area contributed by atoms with Crippen LogP contribution in [0.15, 0.2) is 84.9 Å². The molecule has 0 bridgehead atoms. The molecule has 1 aliphatic heterocycles. The minimum absolute atomic E-state index is 0.215. The fourth-order valence-corrected chi connectivity index (χ4v) is 5.97. The van der Waals surface area contributed by atoms with Gasteiger partial charge in [0.2, 0.25) is 0 Å². The average Bonchev–Trinajstić information content (AvgIpc) is 3.54. The summed E-state index contributed by atoms with van der Waals surface area (Å²) in [7, 11) is 0. The zero-order chi connectivity index (χ0) is 35.6. The number of hydrogen-bond acceptors (Lipinski definition) is 3. The number of ether oxygens (including phenoxy) is 1. The van der Waals surface area contributed by atoms with Crippen molar-refractivity contribution in [2.45, 2.75) is 57.0 Å². The second-order valence-electron chi connectivity index (χ2n) is 12.0. The molecule has 1 amide bonds. The maximum atomic E-state index is 15.3. The summed E-state index contributed by atoms with van der Waals surface area (Å²) in [6.07, 6.45) is -12.7. The number of nitrogens with zero attached hydrogens (tertiary/aromatic N) is 1. The highest BCUT2D eigenvalue weighted by atomic mass is 19.4. The Kier molecular flexibility index (Phi) is 10.3. The number of carbonyl (C=O) groups excluding carboxylic acids is 1. The maximum Gasteiger partial charge on any atom is 0.461 e. The number of carbonyl (C=O) groups is 1. The number of nitrogens with one attached hydrogen (secondary N) is 1. The minimum Gasteiger partial charge on any atom is -0.428 e. The first kappa shape index (κ1) is 35.8. The molecule has 0 aromatic heterocycles. The first-order valence-electron chi connectivity index (χ1n) is 15.3. The molecule has 49 heavy (non-hydrogen) atoms. The normalized spacial score (nSPS) is 15.3. The minimum atomic E-state index is -5.15. The molecular formula is C36H31F9N2O2. The topological polar surface area (TPSA) is 41.6 Å². The average molecular weight is 695 g/mol. The summed E-state index contributed by atoms with van der Waals surface area (Å²) in [5, 5.41) is 2.71. The Labute approximate surface area is 276 Å². The molecule has 1 atom stereocenters. The molecule has 0 unspecified atom stereocenters. The summed E-state index contributed by atoms with van der Waals surface area (Å²) in [5.41, 5.74) is -2.03. The molecule has 1 aliphatic rings. The van der Waals surface area contributed by atoms with Crippen LogP contribution in [0.1, 0.15) is 56.6 Å². The Morgan fingerprint density at radius 1 is 0.857 bits per heavy atom. The Balaban J connectivity index is 1.74. The van der Waals surface area contributed by atoms with E-state index in [0.29, 0.717) is 30.3 Å². The van der Waals surface area contributed by atoms with Crippen molar-refractivity contribution in [3.63, 3.8) is 0 Å². The Morgan fingerprint density at radius 3 is 2.20 bits per heavy atom. The van der Waals surface area contributed by atoms with Gasteiger partial charge in [0.25, 0.3) is 5.91 Å². The Hall–Kier alpha value is -4.52. The van der Waals surface area contributed by atoms with Crippen LogP contribution in [0.2, 0.25) is 0 Å². The SMILES string of the molecule is Cc1ccc([C@@](Cc2ccccc2)(NC(=O)c2ccc(F)c(C(F)(F)F)c2)c2cc(F)cc(OC(F)(F)C(F)F)c2)cc1CN1CCCC1. The van der Waals surface area contributed by atoms with Crippen molar-refractivity contribution in [3.05, 3.63) is 136 Å². The van der Waals surface area contributed by atoms with E-state index in [1.165, 1.54) is 0 Å². The number of halogens is 9. The van der Waals surface area contributed by atoms with E-state index in [4.69, 9.17) is 0 Å². The predicted octanol–water partition coefficient (Wildman–Crippen LogP) is 9.04. The molecule has 1 heterocycles. The van der Waals surface area contributed by atoms with E-state index < -0.39 is 58.7 Å². The summed E-state index contributed by atoms with van der Waals surface area (Å²) in [6.45, 7) is 3.99. The number of hydrogen-bond donors (Lipinski definition) is 1. The standard InChI is InChI=1S/C36H31F9N2O2/c1-22-9-11-26(15-25(22)21-47-13-5-6-14-47)34(20-23-7-3-2-4-8-23,27-17-28(37)19-29(18-27)49-36(44,45)33(39)40)46-32(48)24-10-12-31(38)30(16-24)35(41,42)43/h2-4,7-12,15-19,33H,5-6,13-14,20-21H2,1H3,(H,46,48)/t34-/m1/s1. The van der Waals surface area contributed by atoms with Gasteiger partial charge in [-0.05, 0) is 91.0 Å². The van der Waals surface area contributed by atoms with Gasteiger partial charge in [-0.15, -0.1) is 0 Å². The first-order valence-corrected chi connectivity index (χ1v) is 15.3. The lowest BCUT2D eigenvalue weighted by Crippen LogP contribution is -2.49. The van der Waals surface area contributed by atoms with E-state index in [0.717, 1.165) is 55.3 Å². The molecule has 13 heteroatoms. The number of aryl methyl sites for hydroxylation is 1. The van der Waals surface area contributed by atoms with Gasteiger partial charge in [-0.25, -0.2) is 8.78 Å². The highest BCUT2D eigenvalue weighted by molar-refractivity contribution is 5.95. The van der Waals surface area contributed by atoms with Crippen LogP contribution >= 0.6 is 0 Å². The summed E-state index contributed by atoms with van der Waals surface area (Å²) in [5.74, 6) is -4.93. The van der Waals surface area contributed by atoms with Gasteiger partial charge in [-0.3, -0.25) is 9.69 Å². The second kappa shape index (κ2) is 14.1. The quantitative estimate of drug-likeness (QED) is 0.159. The summed E-state index contributed by atoms with van der Waals surface area (Å²) < 4.78 is 129. The van der Waals surface area contributed by atoms with Crippen molar-refractivity contribution >= 4 is 5.91 Å². The maximum absolute atomic E-state index is 15.3. The third kappa shape index (κ3) is 8.21. The molecule has 0 radical (unpaired) electrons. The van der Waals surface area contributed by atoms with Crippen molar-refractivity contribution in [2.75, 3.05) is 13.1 Å². The van der Waals surface area contributed by atoms with Gasteiger partial charge >= 0.3 is 18.7 Å².